The lowest BCUT2D eigenvalue weighted by Gasteiger charge is -2.38. The van der Waals surface area contributed by atoms with Gasteiger partial charge >= 0.3 is 0 Å². The minimum Gasteiger partial charge on any atom is -0.377 e. The largest absolute Gasteiger partial charge is 0.377 e. The molecule has 0 bridgehead atoms. The van der Waals surface area contributed by atoms with Crippen LogP contribution in [0.2, 0.25) is 0 Å². The van der Waals surface area contributed by atoms with Crippen LogP contribution in [-0.4, -0.2) is 37.0 Å². The van der Waals surface area contributed by atoms with Gasteiger partial charge < -0.3 is 20.9 Å². The Bertz CT molecular complexity index is 1040. The molecule has 0 aromatic heterocycles. The number of carbonyl (C=O) groups excluding carboxylic acids is 2. The van der Waals surface area contributed by atoms with E-state index in [1.165, 1.54) is 18.1 Å². The molecule has 0 saturated carbocycles. The average molecular weight is 405 g/mol. The topological polar surface area (TPSA) is 73.5 Å². The van der Waals surface area contributed by atoms with Crippen LogP contribution in [-0.2, 0) is 24.1 Å². The van der Waals surface area contributed by atoms with Crippen LogP contribution in [0.25, 0.3) is 0 Å². The fourth-order valence-corrected chi connectivity index (χ4v) is 5.20. The molecule has 6 heteroatoms. The normalized spacial score (nSPS) is 20.1. The van der Waals surface area contributed by atoms with Crippen molar-refractivity contribution in [3.8, 4) is 0 Å². The first kappa shape index (κ1) is 19.0. The molecular weight excluding hydrogens is 376 g/mol. The van der Waals surface area contributed by atoms with Gasteiger partial charge in [0.05, 0.1) is 29.8 Å². The highest BCUT2D eigenvalue weighted by molar-refractivity contribution is 6.04. The standard InChI is InChI=1S/C24H28N4O2/c1-14(29)13-25-23(30)19-10-20-22(26-15(2)28(20)3)21-18(19)8-9-24(27-21)11-16-6-4-5-7-17(16)12-24/h4-7,10,15,26-27H,8-9,11-13H2,1-3H3,(H,25,30). The summed E-state index contributed by atoms with van der Waals surface area (Å²) in [5, 5.41) is 10.3. The summed E-state index contributed by atoms with van der Waals surface area (Å²) in [6.07, 6.45) is 3.98. The molecule has 2 aromatic rings. The van der Waals surface area contributed by atoms with Crippen molar-refractivity contribution in [3.63, 3.8) is 0 Å². The Hall–Kier alpha value is -3.02. The fraction of sp³-hybridized carbons (Fsp3) is 0.417. The smallest absolute Gasteiger partial charge is 0.252 e. The van der Waals surface area contributed by atoms with Crippen LogP contribution in [0.3, 0.4) is 0 Å². The molecular formula is C24H28N4O2. The van der Waals surface area contributed by atoms with E-state index in [-0.39, 0.29) is 29.9 Å². The first-order chi connectivity index (χ1) is 14.4. The molecule has 1 aliphatic carbocycles. The van der Waals surface area contributed by atoms with Crippen LogP contribution in [0.15, 0.2) is 30.3 Å². The Balaban J connectivity index is 1.56. The second-order valence-corrected chi connectivity index (χ2v) is 9.02. The number of benzene rings is 2. The van der Waals surface area contributed by atoms with E-state index in [1.807, 2.05) is 13.1 Å². The van der Waals surface area contributed by atoms with Crippen LogP contribution < -0.4 is 20.9 Å². The predicted octanol–water partition coefficient (Wildman–Crippen LogP) is 3.11. The number of ketones is 1. The maximum atomic E-state index is 13.0. The Morgan fingerprint density at radius 2 is 1.90 bits per heavy atom. The molecule has 1 atom stereocenters. The summed E-state index contributed by atoms with van der Waals surface area (Å²) in [4.78, 5) is 26.5. The minimum atomic E-state index is -0.176. The molecule has 3 aliphatic rings. The molecule has 0 fully saturated rings. The molecule has 1 unspecified atom stereocenters. The number of anilines is 3. The second kappa shape index (κ2) is 6.76. The first-order valence-corrected chi connectivity index (χ1v) is 10.7. The van der Waals surface area contributed by atoms with Crippen molar-refractivity contribution >= 4 is 28.8 Å². The molecule has 0 radical (unpaired) electrons. The van der Waals surface area contributed by atoms with E-state index in [2.05, 4.69) is 52.0 Å². The third kappa shape index (κ3) is 2.93. The lowest BCUT2D eigenvalue weighted by atomic mass is 9.81. The summed E-state index contributed by atoms with van der Waals surface area (Å²) >= 11 is 0. The zero-order valence-corrected chi connectivity index (χ0v) is 17.8. The summed E-state index contributed by atoms with van der Waals surface area (Å²) in [5.41, 5.74) is 7.70. The average Bonchev–Trinajstić information content (AvgIpc) is 3.22. The monoisotopic (exact) mass is 404 g/mol. The second-order valence-electron chi connectivity index (χ2n) is 9.02. The Labute approximate surface area is 177 Å². The number of fused-ring (bicyclic) bond motifs is 4. The van der Waals surface area contributed by atoms with Gasteiger partial charge in [-0.15, -0.1) is 0 Å². The number of nitrogens with one attached hydrogen (secondary N) is 3. The molecule has 1 amide bonds. The highest BCUT2D eigenvalue weighted by atomic mass is 16.2. The van der Waals surface area contributed by atoms with E-state index >= 15 is 0 Å². The maximum Gasteiger partial charge on any atom is 0.252 e. The summed E-state index contributed by atoms with van der Waals surface area (Å²) in [7, 11) is 2.04. The van der Waals surface area contributed by atoms with E-state index in [4.69, 9.17) is 0 Å². The number of hydrogen-bond donors (Lipinski definition) is 3. The molecule has 30 heavy (non-hydrogen) atoms. The quantitative estimate of drug-likeness (QED) is 0.733. The number of nitrogens with zero attached hydrogens (tertiary/aromatic N) is 1. The third-order valence-electron chi connectivity index (χ3n) is 6.89. The van der Waals surface area contributed by atoms with Crippen LogP contribution in [0.5, 0.6) is 0 Å². The Kier molecular flexibility index (Phi) is 4.27. The predicted molar refractivity (Wildman–Crippen MR) is 119 cm³/mol. The highest BCUT2D eigenvalue weighted by Crippen LogP contribution is 2.49. The van der Waals surface area contributed by atoms with Gasteiger partial charge in [-0.3, -0.25) is 9.59 Å². The van der Waals surface area contributed by atoms with E-state index in [9.17, 15) is 9.59 Å². The van der Waals surface area contributed by atoms with Gasteiger partial charge in [-0.1, -0.05) is 24.3 Å². The molecule has 6 nitrogen and oxygen atoms in total. The van der Waals surface area contributed by atoms with E-state index in [1.54, 1.807) is 0 Å². The molecule has 3 N–H and O–H groups in total. The molecule has 1 spiro atoms. The van der Waals surface area contributed by atoms with Crippen LogP contribution in [0.4, 0.5) is 17.1 Å². The Morgan fingerprint density at radius 1 is 1.20 bits per heavy atom. The maximum absolute atomic E-state index is 13.0. The summed E-state index contributed by atoms with van der Waals surface area (Å²) in [5.74, 6) is -0.226. The van der Waals surface area contributed by atoms with E-state index in [0.29, 0.717) is 5.56 Å². The number of rotatable bonds is 3. The zero-order chi connectivity index (χ0) is 21.0. The summed E-state index contributed by atoms with van der Waals surface area (Å²) in [6, 6.07) is 10.7. The van der Waals surface area contributed by atoms with Crippen LogP contribution >= 0.6 is 0 Å². The van der Waals surface area contributed by atoms with E-state index in [0.717, 1.165) is 48.3 Å². The molecule has 5 rings (SSSR count). The van der Waals surface area contributed by atoms with Gasteiger partial charge in [-0.2, -0.15) is 0 Å². The summed E-state index contributed by atoms with van der Waals surface area (Å²) in [6.45, 7) is 3.66. The van der Waals surface area contributed by atoms with Crippen LogP contribution in [0, 0.1) is 0 Å². The van der Waals surface area contributed by atoms with Crippen molar-refractivity contribution in [2.24, 2.45) is 0 Å². The van der Waals surface area contributed by atoms with Gasteiger partial charge in [0, 0.05) is 18.2 Å². The van der Waals surface area contributed by atoms with Crippen molar-refractivity contribution in [3.05, 3.63) is 52.6 Å². The van der Waals surface area contributed by atoms with Gasteiger partial charge in [0.1, 0.15) is 5.78 Å². The highest BCUT2D eigenvalue weighted by Gasteiger charge is 2.42. The number of amides is 1. The zero-order valence-electron chi connectivity index (χ0n) is 17.8. The molecule has 0 saturated heterocycles. The van der Waals surface area contributed by atoms with Crippen molar-refractivity contribution in [1.29, 1.82) is 0 Å². The van der Waals surface area contributed by atoms with Crippen molar-refractivity contribution < 1.29 is 9.59 Å². The summed E-state index contributed by atoms with van der Waals surface area (Å²) < 4.78 is 0. The Morgan fingerprint density at radius 3 is 2.57 bits per heavy atom. The lowest BCUT2D eigenvalue weighted by Crippen LogP contribution is -2.43. The van der Waals surface area contributed by atoms with Gasteiger partial charge in [0.15, 0.2) is 0 Å². The van der Waals surface area contributed by atoms with Gasteiger partial charge in [-0.25, -0.2) is 0 Å². The number of carbonyl (C=O) groups is 2. The van der Waals surface area contributed by atoms with Crippen LogP contribution in [0.1, 0.15) is 47.3 Å². The fourth-order valence-electron chi connectivity index (χ4n) is 5.20. The van der Waals surface area contributed by atoms with Gasteiger partial charge in [-0.05, 0) is 62.3 Å². The van der Waals surface area contributed by atoms with Crippen molar-refractivity contribution in [2.75, 3.05) is 29.1 Å². The third-order valence-corrected chi connectivity index (χ3v) is 6.89. The van der Waals surface area contributed by atoms with Crippen molar-refractivity contribution in [2.45, 2.75) is 51.2 Å². The number of Topliss-reactive ketones (excluding diaryl/α,β-unsaturated/α-hetero) is 1. The molecule has 2 aliphatic heterocycles. The minimum absolute atomic E-state index is 0.00891. The van der Waals surface area contributed by atoms with Gasteiger partial charge in [0.25, 0.3) is 5.91 Å². The molecule has 2 heterocycles. The van der Waals surface area contributed by atoms with E-state index < -0.39 is 0 Å². The molecule has 156 valence electrons. The lowest BCUT2D eigenvalue weighted by molar-refractivity contribution is -0.116. The van der Waals surface area contributed by atoms with Gasteiger partial charge in [0.2, 0.25) is 0 Å². The first-order valence-electron chi connectivity index (χ1n) is 10.7. The SMILES string of the molecule is CC(=O)CNC(=O)c1cc2c(c3c1CCC1(Cc4ccccc4C1)N3)NC(C)N2C. The molecule has 2 aromatic carbocycles. The van der Waals surface area contributed by atoms with Crippen molar-refractivity contribution in [1.82, 2.24) is 5.32 Å². The number of hydrogen-bond acceptors (Lipinski definition) is 5.